The number of carbonyl (C=O) groups is 2. The van der Waals surface area contributed by atoms with Gasteiger partial charge >= 0.3 is 0 Å². The van der Waals surface area contributed by atoms with E-state index in [0.717, 1.165) is 6.42 Å². The molecule has 2 atom stereocenters. The Morgan fingerprint density at radius 3 is 3.11 bits per heavy atom. The average molecular weight is 387 g/mol. The number of aromatic nitrogens is 3. The topological polar surface area (TPSA) is 109 Å². The summed E-state index contributed by atoms with van der Waals surface area (Å²) in [5, 5.41) is 2.85. The van der Waals surface area contributed by atoms with Crippen LogP contribution in [0.25, 0.3) is 11.2 Å². The number of aromatic amines is 1. The first kappa shape index (κ1) is 19.8. The summed E-state index contributed by atoms with van der Waals surface area (Å²) in [6, 6.07) is -0.126. The van der Waals surface area contributed by atoms with Crippen LogP contribution in [-0.2, 0) is 9.53 Å². The third-order valence-corrected chi connectivity index (χ3v) is 4.64. The van der Waals surface area contributed by atoms with Crippen molar-refractivity contribution in [3.05, 3.63) is 30.6 Å². The van der Waals surface area contributed by atoms with Crippen LogP contribution in [0.4, 0.5) is 0 Å². The summed E-state index contributed by atoms with van der Waals surface area (Å²) in [6.45, 7) is 7.55. The molecule has 1 saturated heterocycles. The molecule has 0 radical (unpaired) electrons. The van der Waals surface area contributed by atoms with E-state index in [0.29, 0.717) is 48.9 Å². The first-order valence-electron chi connectivity index (χ1n) is 9.20. The quantitative estimate of drug-likeness (QED) is 0.658. The first-order valence-corrected chi connectivity index (χ1v) is 9.20. The molecule has 0 bridgehead atoms. The van der Waals surface area contributed by atoms with E-state index in [2.05, 4.69) is 26.8 Å². The molecular weight excluding hydrogens is 362 g/mol. The van der Waals surface area contributed by atoms with Crippen molar-refractivity contribution in [3.63, 3.8) is 0 Å². The number of fused-ring (bicyclic) bond motifs is 1. The highest BCUT2D eigenvalue weighted by molar-refractivity contribution is 6.04. The Labute approximate surface area is 163 Å². The standard InChI is InChI=1S/C19H25N5O4/c1-4-16(25)24-6-5-13(9-24)11-28-15-8-21-18-17(23-15)14(7-20-18)19(26)22-12(2)10-27-3/h4,7-8,12-13H,1,5-6,9-11H2,2-3H3,(H,20,21)(H,22,26)/t12-,13?/m1/s1. The van der Waals surface area contributed by atoms with Gasteiger partial charge in [0.05, 0.1) is 25.0 Å². The van der Waals surface area contributed by atoms with Gasteiger partial charge in [-0.2, -0.15) is 0 Å². The van der Waals surface area contributed by atoms with Crippen molar-refractivity contribution >= 4 is 23.0 Å². The molecule has 0 spiro atoms. The lowest BCUT2D eigenvalue weighted by atomic mass is 10.1. The van der Waals surface area contributed by atoms with Gasteiger partial charge in [-0.25, -0.2) is 9.97 Å². The van der Waals surface area contributed by atoms with Crippen molar-refractivity contribution in [1.82, 2.24) is 25.2 Å². The van der Waals surface area contributed by atoms with Gasteiger partial charge in [0.15, 0.2) is 5.65 Å². The zero-order valence-corrected chi connectivity index (χ0v) is 16.1. The van der Waals surface area contributed by atoms with Crippen molar-refractivity contribution in [3.8, 4) is 5.88 Å². The minimum atomic E-state index is -0.253. The van der Waals surface area contributed by atoms with Gasteiger partial charge < -0.3 is 24.7 Å². The van der Waals surface area contributed by atoms with Crippen LogP contribution in [0.2, 0.25) is 0 Å². The molecule has 1 unspecified atom stereocenters. The second kappa shape index (κ2) is 8.83. The number of amides is 2. The van der Waals surface area contributed by atoms with Crippen LogP contribution in [0.3, 0.4) is 0 Å². The van der Waals surface area contributed by atoms with Gasteiger partial charge in [0.2, 0.25) is 11.8 Å². The Morgan fingerprint density at radius 1 is 1.54 bits per heavy atom. The lowest BCUT2D eigenvalue weighted by Gasteiger charge is -2.14. The molecule has 2 aromatic rings. The number of nitrogens with zero attached hydrogens (tertiary/aromatic N) is 3. The monoisotopic (exact) mass is 387 g/mol. The second-order valence-electron chi connectivity index (χ2n) is 6.89. The summed E-state index contributed by atoms with van der Waals surface area (Å²) >= 11 is 0. The summed E-state index contributed by atoms with van der Waals surface area (Å²) in [6.07, 6.45) is 5.30. The maximum Gasteiger partial charge on any atom is 0.255 e. The molecule has 3 heterocycles. The van der Waals surface area contributed by atoms with Gasteiger partial charge in [-0.1, -0.05) is 6.58 Å². The SMILES string of the molecule is C=CC(=O)N1CCC(COc2cnc3[nH]cc(C(=O)N[C@H](C)COC)c3n2)C1. The zero-order chi connectivity index (χ0) is 20.1. The van der Waals surface area contributed by atoms with Crippen LogP contribution in [-0.4, -0.2) is 71.1 Å². The van der Waals surface area contributed by atoms with Crippen LogP contribution in [0.5, 0.6) is 5.88 Å². The number of rotatable bonds is 8. The maximum absolute atomic E-state index is 12.5. The van der Waals surface area contributed by atoms with Gasteiger partial charge in [0.1, 0.15) is 5.52 Å². The largest absolute Gasteiger partial charge is 0.476 e. The fourth-order valence-corrected chi connectivity index (χ4v) is 3.21. The van der Waals surface area contributed by atoms with Gasteiger partial charge in [-0.15, -0.1) is 0 Å². The number of hydrogen-bond acceptors (Lipinski definition) is 6. The Balaban J connectivity index is 1.64. The van der Waals surface area contributed by atoms with Crippen molar-refractivity contribution in [1.29, 1.82) is 0 Å². The molecule has 1 fully saturated rings. The van der Waals surface area contributed by atoms with Gasteiger partial charge in [-0.3, -0.25) is 9.59 Å². The molecule has 1 aliphatic rings. The Hall–Kier alpha value is -2.94. The van der Waals surface area contributed by atoms with E-state index in [4.69, 9.17) is 9.47 Å². The van der Waals surface area contributed by atoms with Crippen molar-refractivity contribution in [2.75, 3.05) is 33.4 Å². The highest BCUT2D eigenvalue weighted by Gasteiger charge is 2.25. The van der Waals surface area contributed by atoms with Crippen molar-refractivity contribution in [2.24, 2.45) is 5.92 Å². The third kappa shape index (κ3) is 4.48. The lowest BCUT2D eigenvalue weighted by molar-refractivity contribution is -0.125. The second-order valence-corrected chi connectivity index (χ2v) is 6.89. The predicted molar refractivity (Wildman–Crippen MR) is 103 cm³/mol. The molecule has 9 heteroatoms. The number of H-pyrrole nitrogens is 1. The Morgan fingerprint density at radius 2 is 2.36 bits per heavy atom. The minimum absolute atomic E-state index is 0.0608. The number of nitrogens with one attached hydrogen (secondary N) is 2. The van der Waals surface area contributed by atoms with E-state index in [9.17, 15) is 9.59 Å². The Bertz CT molecular complexity index is 865. The summed E-state index contributed by atoms with van der Waals surface area (Å²) in [4.78, 5) is 37.6. The summed E-state index contributed by atoms with van der Waals surface area (Å²) in [5.41, 5.74) is 1.37. The third-order valence-electron chi connectivity index (χ3n) is 4.64. The molecule has 3 rings (SSSR count). The summed E-state index contributed by atoms with van der Waals surface area (Å²) < 4.78 is 10.8. The minimum Gasteiger partial charge on any atom is -0.476 e. The molecule has 1 aliphatic heterocycles. The van der Waals surface area contributed by atoms with E-state index in [-0.39, 0.29) is 23.8 Å². The van der Waals surface area contributed by atoms with Crippen LogP contribution in [0.15, 0.2) is 25.0 Å². The van der Waals surface area contributed by atoms with Gasteiger partial charge in [0.25, 0.3) is 5.91 Å². The highest BCUT2D eigenvalue weighted by atomic mass is 16.5. The molecule has 0 aromatic carbocycles. The molecule has 28 heavy (non-hydrogen) atoms. The zero-order valence-electron chi connectivity index (χ0n) is 16.1. The molecule has 2 amide bonds. The van der Waals surface area contributed by atoms with Gasteiger partial charge in [0, 0.05) is 38.4 Å². The summed E-state index contributed by atoms with van der Waals surface area (Å²) in [5.74, 6) is 0.260. The number of likely N-dealkylation sites (tertiary alicyclic amines) is 1. The van der Waals surface area contributed by atoms with E-state index in [1.54, 1.807) is 18.2 Å². The smallest absolute Gasteiger partial charge is 0.255 e. The fourth-order valence-electron chi connectivity index (χ4n) is 3.21. The normalized spacial score (nSPS) is 17.5. The fraction of sp³-hybridized carbons (Fsp3) is 0.474. The van der Waals surface area contributed by atoms with Crippen LogP contribution >= 0.6 is 0 Å². The van der Waals surface area contributed by atoms with E-state index < -0.39 is 0 Å². The van der Waals surface area contributed by atoms with Crippen molar-refractivity contribution in [2.45, 2.75) is 19.4 Å². The van der Waals surface area contributed by atoms with E-state index >= 15 is 0 Å². The molecule has 150 valence electrons. The Kier molecular flexibility index (Phi) is 6.25. The van der Waals surface area contributed by atoms with Crippen LogP contribution < -0.4 is 10.1 Å². The number of hydrogen-bond donors (Lipinski definition) is 2. The molecule has 2 aromatic heterocycles. The van der Waals surface area contributed by atoms with Crippen LogP contribution in [0.1, 0.15) is 23.7 Å². The molecule has 9 nitrogen and oxygen atoms in total. The lowest BCUT2D eigenvalue weighted by Crippen LogP contribution is -2.35. The van der Waals surface area contributed by atoms with E-state index in [1.807, 2.05) is 6.92 Å². The van der Waals surface area contributed by atoms with Crippen LogP contribution in [0, 0.1) is 5.92 Å². The predicted octanol–water partition coefficient (Wildman–Crippen LogP) is 1.14. The first-order chi connectivity index (χ1) is 13.5. The van der Waals surface area contributed by atoms with Crippen molar-refractivity contribution < 1.29 is 19.1 Å². The molecular formula is C19H25N5O4. The number of ether oxygens (including phenoxy) is 2. The van der Waals surface area contributed by atoms with Gasteiger partial charge in [-0.05, 0) is 19.4 Å². The summed E-state index contributed by atoms with van der Waals surface area (Å²) in [7, 11) is 1.58. The maximum atomic E-state index is 12.5. The number of carbonyl (C=O) groups excluding carboxylic acids is 2. The molecule has 2 N–H and O–H groups in total. The molecule has 0 aliphatic carbocycles. The number of methoxy groups -OCH3 is 1. The average Bonchev–Trinajstić information content (AvgIpc) is 3.32. The molecule has 0 saturated carbocycles. The van der Waals surface area contributed by atoms with E-state index in [1.165, 1.54) is 12.3 Å². The highest BCUT2D eigenvalue weighted by Crippen LogP contribution is 2.20.